The molecule has 176 valence electrons. The van der Waals surface area contributed by atoms with Gasteiger partial charge in [-0.05, 0) is 67.1 Å². The van der Waals surface area contributed by atoms with E-state index in [9.17, 15) is 9.59 Å². The fourth-order valence-electron chi connectivity index (χ4n) is 4.64. The topological polar surface area (TPSA) is 73.9 Å². The number of hydrogen-bond donors (Lipinski definition) is 2. The van der Waals surface area contributed by atoms with E-state index in [0.29, 0.717) is 25.4 Å². The van der Waals surface area contributed by atoms with Gasteiger partial charge in [-0.2, -0.15) is 0 Å². The smallest absolute Gasteiger partial charge is 0.313 e. The van der Waals surface area contributed by atoms with Gasteiger partial charge in [0.25, 0.3) is 0 Å². The van der Waals surface area contributed by atoms with Crippen LogP contribution in [0.3, 0.4) is 0 Å². The molecule has 1 fully saturated rings. The molecule has 1 atom stereocenters. The van der Waals surface area contributed by atoms with Crippen molar-refractivity contribution in [3.63, 3.8) is 0 Å². The Hall–Kier alpha value is -2.90. The Labute approximate surface area is 196 Å². The van der Waals surface area contributed by atoms with Crippen molar-refractivity contribution in [3.05, 3.63) is 58.7 Å². The molecule has 1 saturated heterocycles. The molecule has 2 aliphatic rings. The van der Waals surface area contributed by atoms with Gasteiger partial charge in [0.1, 0.15) is 0 Å². The van der Waals surface area contributed by atoms with E-state index in [1.54, 1.807) is 0 Å². The van der Waals surface area contributed by atoms with Crippen LogP contribution in [-0.4, -0.2) is 63.2 Å². The predicted octanol–water partition coefficient (Wildman–Crippen LogP) is 2.81. The number of carbonyl (C=O) groups is 2. The zero-order valence-electron chi connectivity index (χ0n) is 19.8. The van der Waals surface area contributed by atoms with Crippen molar-refractivity contribution in [2.24, 2.45) is 0 Å². The van der Waals surface area contributed by atoms with Crippen molar-refractivity contribution >= 4 is 23.2 Å². The number of hydrogen-bond acceptors (Lipinski definition) is 5. The summed E-state index contributed by atoms with van der Waals surface area (Å²) in [6.07, 6.45) is 2.21. The summed E-state index contributed by atoms with van der Waals surface area (Å²) in [5.74, 6) is -1.27. The zero-order chi connectivity index (χ0) is 23.4. The summed E-state index contributed by atoms with van der Waals surface area (Å²) in [4.78, 5) is 29.7. The summed E-state index contributed by atoms with van der Waals surface area (Å²) < 4.78 is 5.54. The number of amides is 2. The lowest BCUT2D eigenvalue weighted by Gasteiger charge is -2.36. The second kappa shape index (κ2) is 10.4. The quantitative estimate of drug-likeness (QED) is 0.686. The summed E-state index contributed by atoms with van der Waals surface area (Å²) in [5.41, 5.74) is 6.63. The van der Waals surface area contributed by atoms with Gasteiger partial charge in [0.2, 0.25) is 0 Å². The minimum atomic E-state index is -0.647. The summed E-state index contributed by atoms with van der Waals surface area (Å²) in [6, 6.07) is 12.2. The lowest BCUT2D eigenvalue weighted by molar-refractivity contribution is -0.136. The van der Waals surface area contributed by atoms with Crippen molar-refractivity contribution in [1.29, 1.82) is 0 Å². The van der Waals surface area contributed by atoms with Crippen LogP contribution in [-0.2, 0) is 20.7 Å². The van der Waals surface area contributed by atoms with Crippen LogP contribution in [0, 0.1) is 13.8 Å². The standard InChI is InChI=1S/C26H34N4O3/c1-18-6-8-22(15-19(18)2)28-26(32)25(31)27-17-24(30-11-13-33-14-12-30)21-7-9-23-20(16-21)5-4-10-29(23)3/h6-9,15-16,24H,4-5,10-14,17H2,1-3H3,(H,27,31)(H,28,32). The Morgan fingerprint density at radius 1 is 1.00 bits per heavy atom. The number of nitrogens with one attached hydrogen (secondary N) is 2. The number of rotatable bonds is 5. The SMILES string of the molecule is Cc1ccc(NC(=O)C(=O)NCC(c2ccc3c(c2)CCCN3C)N2CCOCC2)cc1C. The van der Waals surface area contributed by atoms with Crippen LogP contribution in [0.2, 0.25) is 0 Å². The van der Waals surface area contributed by atoms with Gasteiger partial charge in [-0.3, -0.25) is 14.5 Å². The van der Waals surface area contributed by atoms with E-state index in [-0.39, 0.29) is 6.04 Å². The molecule has 4 rings (SSSR count). The average Bonchev–Trinajstić information content (AvgIpc) is 2.82. The summed E-state index contributed by atoms with van der Waals surface area (Å²) in [6.45, 7) is 8.38. The highest BCUT2D eigenvalue weighted by atomic mass is 16.5. The van der Waals surface area contributed by atoms with Gasteiger partial charge in [0, 0.05) is 44.6 Å². The van der Waals surface area contributed by atoms with E-state index in [2.05, 4.69) is 45.7 Å². The molecule has 2 heterocycles. The number of benzene rings is 2. The van der Waals surface area contributed by atoms with Crippen LogP contribution in [0.25, 0.3) is 0 Å². The molecule has 0 saturated carbocycles. The van der Waals surface area contributed by atoms with Crippen LogP contribution in [0.1, 0.15) is 34.7 Å². The molecule has 0 bridgehead atoms. The van der Waals surface area contributed by atoms with E-state index >= 15 is 0 Å². The minimum absolute atomic E-state index is 0.00944. The molecule has 0 aromatic heterocycles. The second-order valence-corrected chi connectivity index (χ2v) is 9.04. The molecular formula is C26H34N4O3. The van der Waals surface area contributed by atoms with Crippen LogP contribution < -0.4 is 15.5 Å². The number of morpholine rings is 1. The van der Waals surface area contributed by atoms with Crippen LogP contribution in [0.15, 0.2) is 36.4 Å². The molecule has 7 nitrogen and oxygen atoms in total. The summed E-state index contributed by atoms with van der Waals surface area (Å²) >= 11 is 0. The Kier molecular flexibility index (Phi) is 7.30. The molecule has 2 aromatic carbocycles. The monoisotopic (exact) mass is 450 g/mol. The van der Waals surface area contributed by atoms with Gasteiger partial charge in [0.05, 0.1) is 19.3 Å². The Balaban J connectivity index is 1.46. The van der Waals surface area contributed by atoms with Crippen molar-refractivity contribution in [3.8, 4) is 0 Å². The average molecular weight is 451 g/mol. The zero-order valence-corrected chi connectivity index (χ0v) is 19.8. The Morgan fingerprint density at radius 3 is 2.55 bits per heavy atom. The van der Waals surface area contributed by atoms with Crippen molar-refractivity contribution in [2.75, 3.05) is 56.7 Å². The third-order valence-corrected chi connectivity index (χ3v) is 6.75. The highest BCUT2D eigenvalue weighted by molar-refractivity contribution is 6.39. The second-order valence-electron chi connectivity index (χ2n) is 9.04. The maximum atomic E-state index is 12.6. The molecular weight excluding hydrogens is 416 g/mol. The van der Waals surface area contributed by atoms with E-state index in [1.807, 2.05) is 32.0 Å². The van der Waals surface area contributed by atoms with Gasteiger partial charge in [-0.15, -0.1) is 0 Å². The fourth-order valence-corrected chi connectivity index (χ4v) is 4.64. The van der Waals surface area contributed by atoms with Gasteiger partial charge in [-0.1, -0.05) is 18.2 Å². The molecule has 2 amide bonds. The highest BCUT2D eigenvalue weighted by Gasteiger charge is 2.26. The number of anilines is 2. The fraction of sp³-hybridized carbons (Fsp3) is 0.462. The van der Waals surface area contributed by atoms with Crippen LogP contribution >= 0.6 is 0 Å². The first-order valence-corrected chi connectivity index (χ1v) is 11.7. The number of fused-ring (bicyclic) bond motifs is 1. The van der Waals surface area contributed by atoms with Gasteiger partial charge >= 0.3 is 11.8 Å². The molecule has 0 radical (unpaired) electrons. The molecule has 33 heavy (non-hydrogen) atoms. The first kappa shape index (κ1) is 23.3. The van der Waals surface area contributed by atoms with E-state index in [0.717, 1.165) is 43.6 Å². The third kappa shape index (κ3) is 5.54. The Morgan fingerprint density at radius 2 is 1.79 bits per heavy atom. The molecule has 0 aliphatic carbocycles. The van der Waals surface area contributed by atoms with Gasteiger partial charge in [-0.25, -0.2) is 0 Å². The molecule has 2 aromatic rings. The van der Waals surface area contributed by atoms with E-state index < -0.39 is 11.8 Å². The highest BCUT2D eigenvalue weighted by Crippen LogP contribution is 2.31. The molecule has 1 unspecified atom stereocenters. The first-order chi connectivity index (χ1) is 15.9. The third-order valence-electron chi connectivity index (χ3n) is 6.75. The first-order valence-electron chi connectivity index (χ1n) is 11.7. The van der Waals surface area contributed by atoms with Crippen molar-refractivity contribution in [1.82, 2.24) is 10.2 Å². The Bertz CT molecular complexity index is 1020. The molecule has 2 N–H and O–H groups in total. The molecule has 0 spiro atoms. The maximum absolute atomic E-state index is 12.6. The number of ether oxygens (including phenoxy) is 1. The maximum Gasteiger partial charge on any atom is 0.313 e. The molecule has 7 heteroatoms. The largest absolute Gasteiger partial charge is 0.379 e. The number of carbonyl (C=O) groups excluding carboxylic acids is 2. The van der Waals surface area contributed by atoms with E-state index in [1.165, 1.54) is 16.8 Å². The normalized spacial score (nSPS) is 17.2. The lowest BCUT2D eigenvalue weighted by atomic mass is 9.95. The van der Waals surface area contributed by atoms with Crippen LogP contribution in [0.4, 0.5) is 11.4 Å². The molecule has 2 aliphatic heterocycles. The summed E-state index contributed by atoms with van der Waals surface area (Å²) in [7, 11) is 2.13. The number of aryl methyl sites for hydroxylation is 3. The minimum Gasteiger partial charge on any atom is -0.379 e. The summed E-state index contributed by atoms with van der Waals surface area (Å²) in [5, 5.41) is 5.58. The van der Waals surface area contributed by atoms with Crippen LogP contribution in [0.5, 0.6) is 0 Å². The van der Waals surface area contributed by atoms with Crippen molar-refractivity contribution in [2.45, 2.75) is 32.7 Å². The van der Waals surface area contributed by atoms with Crippen molar-refractivity contribution < 1.29 is 14.3 Å². The van der Waals surface area contributed by atoms with Gasteiger partial charge in [0.15, 0.2) is 0 Å². The van der Waals surface area contributed by atoms with E-state index in [4.69, 9.17) is 4.74 Å². The predicted molar refractivity (Wildman–Crippen MR) is 131 cm³/mol. The lowest BCUT2D eigenvalue weighted by Crippen LogP contribution is -2.45. The number of nitrogens with zero attached hydrogens (tertiary/aromatic N) is 2. The van der Waals surface area contributed by atoms with Gasteiger partial charge < -0.3 is 20.3 Å².